The van der Waals surface area contributed by atoms with Crippen molar-refractivity contribution in [2.45, 2.75) is 6.54 Å². The zero-order chi connectivity index (χ0) is 17.2. The number of aromatic nitrogens is 2. The normalized spacial score (nSPS) is 15.6. The van der Waals surface area contributed by atoms with Crippen LogP contribution in [0, 0.1) is 0 Å². The van der Waals surface area contributed by atoms with Crippen molar-refractivity contribution in [3.8, 4) is 0 Å². The van der Waals surface area contributed by atoms with E-state index < -0.39 is 0 Å². The first kappa shape index (κ1) is 15.9. The summed E-state index contributed by atoms with van der Waals surface area (Å²) in [4.78, 5) is 19.2. The van der Waals surface area contributed by atoms with Gasteiger partial charge in [0.25, 0.3) is 5.91 Å². The van der Waals surface area contributed by atoms with Gasteiger partial charge < -0.3 is 19.0 Å². The average molecular weight is 340 g/mol. The second kappa shape index (κ2) is 6.70. The van der Waals surface area contributed by atoms with Crippen LogP contribution < -0.4 is 5.32 Å². The second-order valence-electron chi connectivity index (χ2n) is 6.11. The predicted molar refractivity (Wildman–Crippen MR) is 93.5 cm³/mol. The van der Waals surface area contributed by atoms with E-state index in [0.29, 0.717) is 5.69 Å². The van der Waals surface area contributed by atoms with Crippen LogP contribution in [0.2, 0.25) is 0 Å². The highest BCUT2D eigenvalue weighted by Crippen LogP contribution is 2.21. The summed E-state index contributed by atoms with van der Waals surface area (Å²) in [7, 11) is 2.02. The second-order valence-corrected chi connectivity index (χ2v) is 6.11. The number of nitrogens with zero attached hydrogens (tertiary/aromatic N) is 3. The van der Waals surface area contributed by atoms with Gasteiger partial charge in [-0.2, -0.15) is 0 Å². The molecule has 3 aromatic rings. The summed E-state index contributed by atoms with van der Waals surface area (Å²) in [6, 6.07) is 9.06. The van der Waals surface area contributed by atoms with Crippen LogP contribution in [-0.2, 0) is 18.3 Å². The first-order chi connectivity index (χ1) is 12.2. The molecule has 4 rings (SSSR count). The molecule has 0 bridgehead atoms. The fourth-order valence-corrected chi connectivity index (χ4v) is 3.03. The quantitative estimate of drug-likeness (QED) is 0.789. The lowest BCUT2D eigenvalue weighted by Crippen LogP contribution is -2.36. The summed E-state index contributed by atoms with van der Waals surface area (Å²) < 4.78 is 12.6. The maximum absolute atomic E-state index is 12.1. The number of benzene rings is 1. The fraction of sp³-hybridized carbons (Fsp3) is 0.333. The Bertz CT molecular complexity index is 879. The first-order valence-electron chi connectivity index (χ1n) is 8.31. The van der Waals surface area contributed by atoms with E-state index in [1.54, 1.807) is 12.1 Å². The molecule has 3 heterocycles. The van der Waals surface area contributed by atoms with Gasteiger partial charge in [-0.3, -0.25) is 9.69 Å². The van der Waals surface area contributed by atoms with E-state index in [0.717, 1.165) is 49.7 Å². The highest BCUT2D eigenvalue weighted by atomic mass is 16.5. The Balaban J connectivity index is 1.55. The molecule has 1 aromatic carbocycles. The lowest BCUT2D eigenvalue weighted by Gasteiger charge is -2.26. The van der Waals surface area contributed by atoms with Crippen molar-refractivity contribution in [2.75, 3.05) is 31.6 Å². The summed E-state index contributed by atoms with van der Waals surface area (Å²) in [5.41, 5.74) is 2.60. The molecule has 7 nitrogen and oxygen atoms in total. The van der Waals surface area contributed by atoms with Gasteiger partial charge in [0.05, 0.1) is 37.1 Å². The number of rotatable bonds is 4. The van der Waals surface area contributed by atoms with E-state index in [1.165, 1.54) is 6.26 Å². The first-order valence-corrected chi connectivity index (χ1v) is 8.31. The maximum Gasteiger partial charge on any atom is 0.291 e. The van der Waals surface area contributed by atoms with Gasteiger partial charge >= 0.3 is 0 Å². The van der Waals surface area contributed by atoms with Crippen LogP contribution in [0.25, 0.3) is 11.0 Å². The molecular formula is C18H20N4O3. The van der Waals surface area contributed by atoms with E-state index in [2.05, 4.69) is 14.8 Å². The van der Waals surface area contributed by atoms with Crippen LogP contribution in [-0.4, -0.2) is 46.7 Å². The van der Waals surface area contributed by atoms with E-state index in [-0.39, 0.29) is 11.7 Å². The predicted octanol–water partition coefficient (Wildman–Crippen LogP) is 2.25. The molecule has 0 unspecified atom stereocenters. The maximum atomic E-state index is 12.1. The van der Waals surface area contributed by atoms with Crippen molar-refractivity contribution in [1.82, 2.24) is 14.5 Å². The Hall–Kier alpha value is -2.64. The number of amides is 1. The number of carbonyl (C=O) groups is 1. The van der Waals surface area contributed by atoms with Gasteiger partial charge in [-0.1, -0.05) is 0 Å². The Labute approximate surface area is 145 Å². The molecule has 2 aromatic heterocycles. The lowest BCUT2D eigenvalue weighted by molar-refractivity contribution is 0.0328. The van der Waals surface area contributed by atoms with Gasteiger partial charge in [0.1, 0.15) is 5.82 Å². The van der Waals surface area contributed by atoms with Gasteiger partial charge in [0.15, 0.2) is 5.76 Å². The number of hydrogen-bond acceptors (Lipinski definition) is 5. The number of furan rings is 1. The average Bonchev–Trinajstić information content (AvgIpc) is 3.25. The van der Waals surface area contributed by atoms with Crippen LogP contribution in [0.1, 0.15) is 16.4 Å². The molecule has 25 heavy (non-hydrogen) atoms. The number of anilines is 1. The summed E-state index contributed by atoms with van der Waals surface area (Å²) in [6.45, 7) is 4.18. The molecule has 1 aliphatic rings. The molecule has 1 fully saturated rings. The zero-order valence-corrected chi connectivity index (χ0v) is 14.1. The minimum Gasteiger partial charge on any atom is -0.459 e. The minimum atomic E-state index is -0.270. The van der Waals surface area contributed by atoms with Gasteiger partial charge in [-0.05, 0) is 30.3 Å². The van der Waals surface area contributed by atoms with E-state index >= 15 is 0 Å². The molecule has 0 aliphatic carbocycles. The Morgan fingerprint density at radius 3 is 2.88 bits per heavy atom. The Morgan fingerprint density at radius 2 is 2.12 bits per heavy atom. The number of fused-ring (bicyclic) bond motifs is 1. The molecule has 1 N–H and O–H groups in total. The summed E-state index contributed by atoms with van der Waals surface area (Å²) in [5.74, 6) is 1.02. The molecule has 1 aliphatic heterocycles. The molecular weight excluding hydrogens is 320 g/mol. The van der Waals surface area contributed by atoms with Gasteiger partial charge in [-0.15, -0.1) is 0 Å². The summed E-state index contributed by atoms with van der Waals surface area (Å²) in [6.07, 6.45) is 1.48. The van der Waals surface area contributed by atoms with Crippen LogP contribution in [0.3, 0.4) is 0 Å². The molecule has 7 heteroatoms. The van der Waals surface area contributed by atoms with Gasteiger partial charge in [0.2, 0.25) is 0 Å². The van der Waals surface area contributed by atoms with Crippen LogP contribution in [0.15, 0.2) is 41.0 Å². The summed E-state index contributed by atoms with van der Waals surface area (Å²) >= 11 is 0. The van der Waals surface area contributed by atoms with Gasteiger partial charge in [-0.25, -0.2) is 4.98 Å². The molecule has 0 spiro atoms. The molecule has 130 valence electrons. The number of ether oxygens (including phenoxy) is 1. The standard InChI is InChI=1S/C18H20N4O3/c1-21-15-5-4-13(19-18(23)16-3-2-8-25-16)11-14(15)20-17(21)12-22-6-9-24-10-7-22/h2-5,8,11H,6-7,9-10,12H2,1H3,(H,19,23). The Morgan fingerprint density at radius 1 is 1.28 bits per heavy atom. The summed E-state index contributed by atoms with van der Waals surface area (Å²) in [5, 5.41) is 2.84. The molecule has 1 saturated heterocycles. The minimum absolute atomic E-state index is 0.270. The van der Waals surface area contributed by atoms with E-state index in [1.807, 2.05) is 25.2 Å². The SMILES string of the molecule is Cn1c(CN2CCOCC2)nc2cc(NC(=O)c3ccco3)ccc21. The third kappa shape index (κ3) is 3.29. The van der Waals surface area contributed by atoms with Crippen molar-refractivity contribution in [3.63, 3.8) is 0 Å². The highest BCUT2D eigenvalue weighted by Gasteiger charge is 2.16. The number of nitrogens with one attached hydrogen (secondary N) is 1. The van der Waals surface area contributed by atoms with Crippen molar-refractivity contribution < 1.29 is 13.9 Å². The number of carbonyl (C=O) groups excluding carboxylic acids is 1. The molecule has 0 radical (unpaired) electrons. The third-order valence-electron chi connectivity index (χ3n) is 4.45. The van der Waals surface area contributed by atoms with Crippen molar-refractivity contribution >= 4 is 22.6 Å². The van der Waals surface area contributed by atoms with Crippen molar-refractivity contribution in [3.05, 3.63) is 48.2 Å². The Kier molecular flexibility index (Phi) is 4.25. The van der Waals surface area contributed by atoms with Crippen LogP contribution in [0.5, 0.6) is 0 Å². The molecule has 0 saturated carbocycles. The highest BCUT2D eigenvalue weighted by molar-refractivity contribution is 6.03. The number of imidazole rings is 1. The van der Waals surface area contributed by atoms with E-state index in [9.17, 15) is 4.79 Å². The number of aryl methyl sites for hydroxylation is 1. The topological polar surface area (TPSA) is 72.5 Å². The molecule has 0 atom stereocenters. The van der Waals surface area contributed by atoms with Crippen LogP contribution >= 0.6 is 0 Å². The van der Waals surface area contributed by atoms with E-state index in [4.69, 9.17) is 14.1 Å². The monoisotopic (exact) mass is 340 g/mol. The smallest absolute Gasteiger partial charge is 0.291 e. The molecule has 1 amide bonds. The van der Waals surface area contributed by atoms with Crippen molar-refractivity contribution in [1.29, 1.82) is 0 Å². The van der Waals surface area contributed by atoms with Gasteiger partial charge in [0, 0.05) is 25.8 Å². The number of hydrogen-bond donors (Lipinski definition) is 1. The zero-order valence-electron chi connectivity index (χ0n) is 14.1. The third-order valence-corrected chi connectivity index (χ3v) is 4.45. The van der Waals surface area contributed by atoms with Crippen molar-refractivity contribution in [2.24, 2.45) is 7.05 Å². The van der Waals surface area contributed by atoms with Crippen LogP contribution in [0.4, 0.5) is 5.69 Å². The lowest BCUT2D eigenvalue weighted by atomic mass is 10.2. The fourth-order valence-electron chi connectivity index (χ4n) is 3.03. The largest absolute Gasteiger partial charge is 0.459 e. The number of morpholine rings is 1.